The van der Waals surface area contributed by atoms with Crippen LogP contribution in [0.5, 0.6) is 0 Å². The number of unbranched alkanes of at least 4 members (excludes halogenated alkanes) is 1. The van der Waals surface area contributed by atoms with Gasteiger partial charge in [0.05, 0.1) is 12.2 Å². The lowest BCUT2D eigenvalue weighted by Gasteiger charge is -2.23. The number of hydrogen-bond donors (Lipinski definition) is 0. The van der Waals surface area contributed by atoms with Crippen molar-refractivity contribution >= 4 is 36.1 Å². The monoisotopic (exact) mass is 592 g/mol. The van der Waals surface area contributed by atoms with Crippen molar-refractivity contribution in [2.24, 2.45) is 0 Å². The van der Waals surface area contributed by atoms with Crippen LogP contribution in [0.3, 0.4) is 0 Å². The van der Waals surface area contributed by atoms with Crippen molar-refractivity contribution in [3.8, 4) is 0 Å². The van der Waals surface area contributed by atoms with Crippen molar-refractivity contribution in [3.63, 3.8) is 0 Å². The van der Waals surface area contributed by atoms with Gasteiger partial charge in [-0.1, -0.05) is 43.1 Å². The van der Waals surface area contributed by atoms with E-state index in [9.17, 15) is 26.0 Å². The number of rotatable bonds is 16. The molecule has 2 saturated carbocycles. The molecule has 0 heterocycles. The summed E-state index contributed by atoms with van der Waals surface area (Å²) in [6.07, 6.45) is 9.28. The van der Waals surface area contributed by atoms with Gasteiger partial charge in [0.1, 0.15) is 6.16 Å². The van der Waals surface area contributed by atoms with Crippen LogP contribution in [-0.4, -0.2) is 58.1 Å². The molecule has 0 radical (unpaired) electrons. The second-order valence-electron chi connectivity index (χ2n) is 9.58. The molecule has 0 spiro atoms. The average Bonchev–Trinajstić information content (AvgIpc) is 2.82. The zero-order chi connectivity index (χ0) is 26.8. The third kappa shape index (κ3) is 11.4. The van der Waals surface area contributed by atoms with Crippen molar-refractivity contribution in [3.05, 3.63) is 0 Å². The zero-order valence-corrected chi connectivity index (χ0v) is 25.0. The van der Waals surface area contributed by atoms with Gasteiger partial charge < -0.3 is 4.74 Å². The van der Waals surface area contributed by atoms with Crippen LogP contribution in [0.25, 0.3) is 0 Å². The van der Waals surface area contributed by atoms with E-state index in [1.165, 1.54) is 13.8 Å². The Morgan fingerprint density at radius 1 is 0.694 bits per heavy atom. The molecule has 0 aromatic carbocycles. The highest BCUT2D eigenvalue weighted by molar-refractivity contribution is 7.87. The standard InChI is InChI=1S/C22H42O10P2S2/c1-18(29-19(2)35(25,26)31-21-12-6-4-7-13-21)33(23)16-10-11-17-34(24)30-20(3)36(27,28)32-22-14-8-5-9-15-22/h18-22H,4-17H2,1-3H3/q+2. The van der Waals surface area contributed by atoms with E-state index in [0.717, 1.165) is 38.5 Å². The van der Waals surface area contributed by atoms with E-state index in [2.05, 4.69) is 0 Å². The normalized spacial score (nSPS) is 22.1. The highest BCUT2D eigenvalue weighted by atomic mass is 32.2. The van der Waals surface area contributed by atoms with Crippen molar-refractivity contribution < 1.29 is 43.6 Å². The van der Waals surface area contributed by atoms with E-state index in [4.69, 9.17) is 17.6 Å². The Bertz CT molecular complexity index is 913. The largest absolute Gasteiger partial charge is 0.509 e. The highest BCUT2D eigenvalue weighted by Crippen LogP contribution is 2.34. The first kappa shape index (κ1) is 32.2. The van der Waals surface area contributed by atoms with Gasteiger partial charge in [-0.05, 0) is 56.9 Å². The van der Waals surface area contributed by atoms with E-state index < -0.39 is 52.8 Å². The Labute approximate surface area is 218 Å². The van der Waals surface area contributed by atoms with Crippen LogP contribution in [0.1, 0.15) is 97.8 Å². The van der Waals surface area contributed by atoms with Gasteiger partial charge in [0.2, 0.25) is 5.44 Å². The first-order valence-corrected chi connectivity index (χ1v) is 18.8. The SMILES string of the molecule is CC(OC(C)S(=O)(=O)OC1CCCCC1)[P+](=O)CCCC[P+](=O)OC(C)S(=O)(=O)OC1CCCCC1. The molecule has 2 fully saturated rings. The Hall–Kier alpha value is -0.0600. The summed E-state index contributed by atoms with van der Waals surface area (Å²) in [5.41, 5.74) is -2.55. The van der Waals surface area contributed by atoms with Crippen LogP contribution >= 0.6 is 15.8 Å². The van der Waals surface area contributed by atoms with Crippen LogP contribution in [-0.2, 0) is 47.0 Å². The zero-order valence-electron chi connectivity index (χ0n) is 21.6. The summed E-state index contributed by atoms with van der Waals surface area (Å²) in [6, 6.07) is 0. The van der Waals surface area contributed by atoms with Gasteiger partial charge in [0, 0.05) is 6.92 Å². The summed E-state index contributed by atoms with van der Waals surface area (Å²) in [6.45, 7) is 4.26. The Morgan fingerprint density at radius 3 is 1.64 bits per heavy atom. The maximum absolute atomic E-state index is 12.5. The lowest BCUT2D eigenvalue weighted by atomic mass is 9.98. The van der Waals surface area contributed by atoms with Gasteiger partial charge in [-0.2, -0.15) is 16.8 Å². The molecule has 10 nitrogen and oxygen atoms in total. The fourth-order valence-electron chi connectivity index (χ4n) is 4.23. The molecule has 0 N–H and O–H groups in total. The molecular formula is C22H42O10P2S2+2. The maximum Gasteiger partial charge on any atom is 0.509 e. The molecule has 0 bridgehead atoms. The molecule has 210 valence electrons. The minimum Gasteiger partial charge on any atom is -0.313 e. The van der Waals surface area contributed by atoms with Crippen LogP contribution in [0.2, 0.25) is 0 Å². The van der Waals surface area contributed by atoms with Crippen LogP contribution in [0.15, 0.2) is 0 Å². The summed E-state index contributed by atoms with van der Waals surface area (Å²) in [5, 5.41) is 0. The first-order valence-electron chi connectivity index (χ1n) is 13.0. The minimum absolute atomic E-state index is 0.122. The first-order chi connectivity index (χ1) is 16.9. The molecule has 36 heavy (non-hydrogen) atoms. The Morgan fingerprint density at radius 2 is 1.14 bits per heavy atom. The summed E-state index contributed by atoms with van der Waals surface area (Å²) >= 11 is 0. The molecule has 14 heteroatoms. The molecular weight excluding hydrogens is 550 g/mol. The number of ether oxygens (including phenoxy) is 1. The van der Waals surface area contributed by atoms with E-state index in [0.29, 0.717) is 38.5 Å². The summed E-state index contributed by atoms with van der Waals surface area (Å²) in [7, 11) is -12.0. The fourth-order valence-corrected chi connectivity index (χ4v) is 8.92. The number of hydrogen-bond acceptors (Lipinski definition) is 10. The van der Waals surface area contributed by atoms with Crippen molar-refractivity contribution in [2.75, 3.05) is 12.3 Å². The lowest BCUT2D eigenvalue weighted by molar-refractivity contribution is 0.0785. The molecule has 0 amide bonds. The Kier molecular flexibility index (Phi) is 13.9. The molecule has 2 aliphatic carbocycles. The third-order valence-corrected chi connectivity index (χ3v) is 12.5. The van der Waals surface area contributed by atoms with Gasteiger partial charge in [-0.15, -0.1) is 4.52 Å². The van der Waals surface area contributed by atoms with Crippen LogP contribution in [0.4, 0.5) is 0 Å². The van der Waals surface area contributed by atoms with Crippen molar-refractivity contribution in [1.82, 2.24) is 0 Å². The van der Waals surface area contributed by atoms with Crippen LogP contribution in [0, 0.1) is 0 Å². The molecule has 2 aliphatic rings. The third-order valence-electron chi connectivity index (χ3n) is 6.49. The molecule has 5 unspecified atom stereocenters. The second kappa shape index (κ2) is 15.5. The molecule has 0 aromatic rings. The van der Waals surface area contributed by atoms with Gasteiger partial charge >= 0.3 is 15.8 Å². The van der Waals surface area contributed by atoms with Crippen molar-refractivity contribution in [1.29, 1.82) is 0 Å². The molecule has 5 atom stereocenters. The molecule has 0 aliphatic heterocycles. The summed E-state index contributed by atoms with van der Waals surface area (Å²) in [4.78, 5) is 0. The van der Waals surface area contributed by atoms with Crippen LogP contribution < -0.4 is 0 Å². The predicted molar refractivity (Wildman–Crippen MR) is 138 cm³/mol. The van der Waals surface area contributed by atoms with E-state index in [-0.39, 0.29) is 24.5 Å². The summed E-state index contributed by atoms with van der Waals surface area (Å²) in [5.74, 6) is -0.785. The van der Waals surface area contributed by atoms with E-state index >= 15 is 0 Å². The predicted octanol–water partition coefficient (Wildman–Crippen LogP) is 5.77. The topological polar surface area (TPSA) is 139 Å². The van der Waals surface area contributed by atoms with E-state index in [1.807, 2.05) is 0 Å². The quantitative estimate of drug-likeness (QED) is 0.123. The van der Waals surface area contributed by atoms with Gasteiger partial charge in [0.15, 0.2) is 11.6 Å². The Balaban J connectivity index is 1.65. The average molecular weight is 593 g/mol. The molecule has 0 aromatic heterocycles. The molecule has 0 saturated heterocycles. The lowest BCUT2D eigenvalue weighted by Crippen LogP contribution is -2.31. The summed E-state index contributed by atoms with van der Waals surface area (Å²) < 4.78 is 95.4. The van der Waals surface area contributed by atoms with Gasteiger partial charge in [-0.3, -0.25) is 8.37 Å². The highest BCUT2D eigenvalue weighted by Gasteiger charge is 2.36. The minimum atomic E-state index is -3.97. The second-order valence-corrected chi connectivity index (χ2v) is 16.6. The smallest absolute Gasteiger partial charge is 0.313 e. The molecule has 2 rings (SSSR count). The van der Waals surface area contributed by atoms with E-state index in [1.54, 1.807) is 6.92 Å². The van der Waals surface area contributed by atoms with Gasteiger partial charge in [0.25, 0.3) is 26.1 Å². The fraction of sp³-hybridized carbons (Fsp3) is 1.00. The van der Waals surface area contributed by atoms with Gasteiger partial charge in [-0.25, -0.2) is 0 Å². The van der Waals surface area contributed by atoms with Crippen molar-refractivity contribution in [2.45, 2.75) is 127 Å². The maximum atomic E-state index is 12.5.